The Bertz CT molecular complexity index is 955. The summed E-state index contributed by atoms with van der Waals surface area (Å²) in [6, 6.07) is 13.1. The van der Waals surface area contributed by atoms with Crippen molar-refractivity contribution in [1.82, 2.24) is 14.5 Å². The van der Waals surface area contributed by atoms with Gasteiger partial charge in [0.2, 0.25) is 0 Å². The van der Waals surface area contributed by atoms with E-state index in [2.05, 4.69) is 10.5 Å². The van der Waals surface area contributed by atoms with Crippen molar-refractivity contribution in [3.63, 3.8) is 0 Å². The second-order valence-electron chi connectivity index (χ2n) is 4.65. The number of benzene rings is 2. The molecule has 3 rings (SSSR count). The van der Waals surface area contributed by atoms with Gasteiger partial charge in [-0.25, -0.2) is 19.1 Å². The molecule has 0 spiro atoms. The lowest BCUT2D eigenvalue weighted by Gasteiger charge is -2.03. The molecule has 116 valence electrons. The van der Waals surface area contributed by atoms with Gasteiger partial charge in [0.15, 0.2) is 0 Å². The van der Waals surface area contributed by atoms with Crippen LogP contribution in [0.5, 0.6) is 0 Å². The van der Waals surface area contributed by atoms with Crippen LogP contribution in [0.3, 0.4) is 0 Å². The van der Waals surface area contributed by atoms with E-state index in [9.17, 15) is 18.8 Å². The van der Waals surface area contributed by atoms with Crippen molar-refractivity contribution in [3.05, 3.63) is 86.9 Å². The zero-order chi connectivity index (χ0) is 16.4. The average Bonchev–Trinajstić information content (AvgIpc) is 2.84. The number of amides is 1. The van der Waals surface area contributed by atoms with Crippen LogP contribution in [0.1, 0.15) is 10.4 Å². The monoisotopic (exact) mass is 314 g/mol. The number of nitrogens with zero attached hydrogens (tertiary/aromatic N) is 2. The van der Waals surface area contributed by atoms with Gasteiger partial charge < -0.3 is 0 Å². The SMILES string of the molecule is O=C(Nn1c(=O)[nH]n(-c2ccccc2)c1=O)c1ccc(F)cc1. The molecule has 0 bridgehead atoms. The third-order valence-electron chi connectivity index (χ3n) is 3.13. The van der Waals surface area contributed by atoms with E-state index in [0.717, 1.165) is 16.8 Å². The van der Waals surface area contributed by atoms with Crippen molar-refractivity contribution < 1.29 is 9.18 Å². The number of carbonyl (C=O) groups is 1. The zero-order valence-electron chi connectivity index (χ0n) is 11.7. The Balaban J connectivity index is 1.94. The second kappa shape index (κ2) is 5.76. The van der Waals surface area contributed by atoms with Gasteiger partial charge >= 0.3 is 11.4 Å². The Labute approximate surface area is 128 Å². The minimum Gasteiger partial charge on any atom is -0.267 e. The van der Waals surface area contributed by atoms with Crippen LogP contribution in [0.15, 0.2) is 64.2 Å². The molecule has 0 unspecified atom stereocenters. The summed E-state index contributed by atoms with van der Waals surface area (Å²) in [6.45, 7) is 0. The summed E-state index contributed by atoms with van der Waals surface area (Å²) in [5.41, 5.74) is 1.20. The summed E-state index contributed by atoms with van der Waals surface area (Å²) in [6.07, 6.45) is 0. The van der Waals surface area contributed by atoms with Crippen LogP contribution in [0.25, 0.3) is 5.69 Å². The Morgan fingerprint density at radius 3 is 2.30 bits per heavy atom. The molecule has 0 saturated heterocycles. The molecular formula is C15H11FN4O3. The Hall–Kier alpha value is -3.42. The molecule has 3 aromatic rings. The van der Waals surface area contributed by atoms with E-state index in [4.69, 9.17) is 0 Å². The van der Waals surface area contributed by atoms with E-state index in [1.165, 1.54) is 12.1 Å². The molecule has 0 aliphatic rings. The van der Waals surface area contributed by atoms with Gasteiger partial charge in [0.05, 0.1) is 5.69 Å². The van der Waals surface area contributed by atoms with Gasteiger partial charge in [-0.15, -0.1) is 4.68 Å². The van der Waals surface area contributed by atoms with E-state index in [-0.39, 0.29) is 5.56 Å². The molecule has 0 saturated carbocycles. The molecule has 1 aromatic heterocycles. The molecule has 1 heterocycles. The van der Waals surface area contributed by atoms with Gasteiger partial charge in [-0.1, -0.05) is 18.2 Å². The molecule has 1 amide bonds. The maximum absolute atomic E-state index is 12.9. The number of aromatic amines is 1. The molecule has 23 heavy (non-hydrogen) atoms. The second-order valence-corrected chi connectivity index (χ2v) is 4.65. The first kappa shape index (κ1) is 14.5. The predicted molar refractivity (Wildman–Crippen MR) is 80.7 cm³/mol. The van der Waals surface area contributed by atoms with Crippen molar-refractivity contribution in [2.75, 3.05) is 5.43 Å². The van der Waals surface area contributed by atoms with Gasteiger partial charge in [0.25, 0.3) is 5.91 Å². The fraction of sp³-hybridized carbons (Fsp3) is 0. The van der Waals surface area contributed by atoms with E-state index in [1.807, 2.05) is 0 Å². The third-order valence-corrected chi connectivity index (χ3v) is 3.13. The van der Waals surface area contributed by atoms with Gasteiger partial charge in [0, 0.05) is 5.56 Å². The lowest BCUT2D eigenvalue weighted by molar-refractivity contribution is 0.101. The van der Waals surface area contributed by atoms with Crippen molar-refractivity contribution in [2.24, 2.45) is 0 Å². The van der Waals surface area contributed by atoms with Crippen LogP contribution >= 0.6 is 0 Å². The number of nitrogens with one attached hydrogen (secondary N) is 2. The summed E-state index contributed by atoms with van der Waals surface area (Å²) < 4.78 is 14.4. The van der Waals surface area contributed by atoms with Crippen molar-refractivity contribution >= 4 is 5.91 Å². The number of H-pyrrole nitrogens is 1. The van der Waals surface area contributed by atoms with Crippen LogP contribution in [-0.4, -0.2) is 20.4 Å². The number of aromatic nitrogens is 3. The highest BCUT2D eigenvalue weighted by atomic mass is 19.1. The summed E-state index contributed by atoms with van der Waals surface area (Å²) in [4.78, 5) is 36.1. The summed E-state index contributed by atoms with van der Waals surface area (Å²) in [5.74, 6) is -1.20. The van der Waals surface area contributed by atoms with Crippen LogP contribution in [0, 0.1) is 5.82 Å². The van der Waals surface area contributed by atoms with Crippen molar-refractivity contribution in [2.45, 2.75) is 0 Å². The van der Waals surface area contributed by atoms with E-state index < -0.39 is 23.1 Å². The normalized spacial score (nSPS) is 10.5. The highest BCUT2D eigenvalue weighted by molar-refractivity contribution is 5.99. The summed E-state index contributed by atoms with van der Waals surface area (Å²) >= 11 is 0. The summed E-state index contributed by atoms with van der Waals surface area (Å²) in [5, 5.41) is 2.33. The third kappa shape index (κ3) is 2.82. The van der Waals surface area contributed by atoms with Crippen molar-refractivity contribution in [3.8, 4) is 5.69 Å². The van der Waals surface area contributed by atoms with E-state index in [1.54, 1.807) is 30.3 Å². The molecule has 0 aliphatic carbocycles. The minimum atomic E-state index is -0.797. The number of hydrogen-bond acceptors (Lipinski definition) is 3. The number of halogens is 1. The number of rotatable bonds is 3. The maximum Gasteiger partial charge on any atom is 0.371 e. The van der Waals surface area contributed by atoms with Crippen LogP contribution in [-0.2, 0) is 0 Å². The van der Waals surface area contributed by atoms with Gasteiger partial charge in [-0.05, 0) is 36.4 Å². The fourth-order valence-electron chi connectivity index (χ4n) is 2.00. The van der Waals surface area contributed by atoms with Crippen LogP contribution < -0.4 is 16.8 Å². The average molecular weight is 314 g/mol. The molecule has 0 radical (unpaired) electrons. The van der Waals surface area contributed by atoms with Gasteiger partial charge in [0.1, 0.15) is 5.82 Å². The van der Waals surface area contributed by atoms with E-state index >= 15 is 0 Å². The summed E-state index contributed by atoms with van der Waals surface area (Å²) in [7, 11) is 0. The van der Waals surface area contributed by atoms with E-state index in [0.29, 0.717) is 10.4 Å². The number of para-hydroxylation sites is 1. The van der Waals surface area contributed by atoms with Gasteiger partial charge in [-0.3, -0.25) is 10.2 Å². The van der Waals surface area contributed by atoms with Crippen LogP contribution in [0.4, 0.5) is 4.39 Å². The first-order chi connectivity index (χ1) is 11.1. The zero-order valence-corrected chi connectivity index (χ0v) is 11.7. The first-order valence-electron chi connectivity index (χ1n) is 6.63. The highest BCUT2D eigenvalue weighted by Crippen LogP contribution is 2.03. The molecule has 0 fully saturated rings. The molecule has 7 nitrogen and oxygen atoms in total. The lowest BCUT2D eigenvalue weighted by Crippen LogP contribution is -2.39. The Kier molecular flexibility index (Phi) is 3.63. The molecule has 0 aliphatic heterocycles. The smallest absolute Gasteiger partial charge is 0.267 e. The molecule has 8 heteroatoms. The minimum absolute atomic E-state index is 0.116. The first-order valence-corrected chi connectivity index (χ1v) is 6.63. The van der Waals surface area contributed by atoms with Crippen LogP contribution in [0.2, 0.25) is 0 Å². The number of hydrogen-bond donors (Lipinski definition) is 2. The standard InChI is InChI=1S/C15H11FN4O3/c16-11-8-6-10(7-9-11)13(21)17-20-14(22)18-19(15(20)23)12-4-2-1-3-5-12/h1-9H,(H,17,21)(H,18,22). The van der Waals surface area contributed by atoms with Crippen molar-refractivity contribution in [1.29, 1.82) is 0 Å². The lowest BCUT2D eigenvalue weighted by atomic mass is 10.2. The fourth-order valence-corrected chi connectivity index (χ4v) is 2.00. The quantitative estimate of drug-likeness (QED) is 0.751. The maximum atomic E-state index is 12.9. The molecule has 2 N–H and O–H groups in total. The largest absolute Gasteiger partial charge is 0.371 e. The molecule has 2 aromatic carbocycles. The van der Waals surface area contributed by atoms with Gasteiger partial charge in [-0.2, -0.15) is 4.68 Å². The topological polar surface area (TPSA) is 88.9 Å². The highest BCUT2D eigenvalue weighted by Gasteiger charge is 2.14. The molecule has 0 atom stereocenters. The number of carbonyl (C=O) groups excluding carboxylic acids is 1. The molecular weight excluding hydrogens is 303 g/mol. The Morgan fingerprint density at radius 1 is 1.00 bits per heavy atom. The predicted octanol–water partition coefficient (Wildman–Crippen LogP) is 0.850. The Morgan fingerprint density at radius 2 is 1.65 bits per heavy atom.